The summed E-state index contributed by atoms with van der Waals surface area (Å²) in [6, 6.07) is 23.0. The van der Waals surface area contributed by atoms with Gasteiger partial charge in [0.15, 0.2) is 0 Å². The number of ether oxygens (including phenoxy) is 2. The van der Waals surface area contributed by atoms with Crippen LogP contribution in [0.25, 0.3) is 0 Å². The number of carboxylic acids is 1. The fourth-order valence-electron chi connectivity index (χ4n) is 5.61. The van der Waals surface area contributed by atoms with Crippen LogP contribution in [0.5, 0.6) is 5.75 Å². The Morgan fingerprint density at radius 2 is 1.77 bits per heavy atom. The van der Waals surface area contributed by atoms with E-state index < -0.39 is 23.6 Å². The van der Waals surface area contributed by atoms with E-state index in [0.717, 1.165) is 28.9 Å². The lowest BCUT2D eigenvalue weighted by Crippen LogP contribution is -2.52. The van der Waals surface area contributed by atoms with Gasteiger partial charge in [0.1, 0.15) is 17.2 Å². The van der Waals surface area contributed by atoms with E-state index in [9.17, 15) is 14.3 Å². The predicted octanol–water partition coefficient (Wildman–Crippen LogP) is 6.37. The van der Waals surface area contributed by atoms with Crippen molar-refractivity contribution in [3.8, 4) is 5.75 Å². The molecule has 3 aromatic carbocycles. The number of fused-ring (bicyclic) bond motifs is 3. The Bertz CT molecular complexity index is 1210. The van der Waals surface area contributed by atoms with Gasteiger partial charge in [-0.3, -0.25) is 4.79 Å². The first-order chi connectivity index (χ1) is 16.8. The maximum atomic E-state index is 13.7. The van der Waals surface area contributed by atoms with Crippen molar-refractivity contribution in [1.29, 1.82) is 0 Å². The van der Waals surface area contributed by atoms with Gasteiger partial charge in [0.2, 0.25) is 0 Å². The SMILES string of the molecule is CC1(C)Oc2ccc(Cc3ccccc3)cc2[C@H]2O[C@@H](CCc3cccc(F)c3)[C@@H](C(=O)O)C[C@@H]21. The first-order valence-corrected chi connectivity index (χ1v) is 12.3. The van der Waals surface area contributed by atoms with Crippen LogP contribution in [-0.2, 0) is 22.4 Å². The van der Waals surface area contributed by atoms with Crippen LogP contribution < -0.4 is 4.74 Å². The highest BCUT2D eigenvalue weighted by molar-refractivity contribution is 5.71. The Morgan fingerprint density at radius 1 is 1.00 bits per heavy atom. The summed E-state index contributed by atoms with van der Waals surface area (Å²) in [6.45, 7) is 4.03. The van der Waals surface area contributed by atoms with E-state index in [-0.39, 0.29) is 17.8 Å². The molecule has 0 saturated carbocycles. The quantitative estimate of drug-likeness (QED) is 0.451. The lowest BCUT2D eigenvalue weighted by Gasteiger charge is -2.50. The first kappa shape index (κ1) is 23.6. The fraction of sp³-hybridized carbons (Fsp3) is 0.367. The van der Waals surface area contributed by atoms with Gasteiger partial charge >= 0.3 is 5.97 Å². The summed E-state index contributed by atoms with van der Waals surface area (Å²) in [7, 11) is 0. The Labute approximate surface area is 205 Å². The number of halogens is 1. The summed E-state index contributed by atoms with van der Waals surface area (Å²) in [5.74, 6) is -1.07. The lowest BCUT2D eigenvalue weighted by atomic mass is 9.71. The molecule has 0 unspecified atom stereocenters. The molecule has 5 heteroatoms. The molecule has 182 valence electrons. The summed E-state index contributed by atoms with van der Waals surface area (Å²) in [5, 5.41) is 10.0. The third kappa shape index (κ3) is 4.96. The van der Waals surface area contributed by atoms with Crippen LogP contribution in [0.3, 0.4) is 0 Å². The molecule has 3 aromatic rings. The van der Waals surface area contributed by atoms with Crippen molar-refractivity contribution < 1.29 is 23.8 Å². The normalized spacial score (nSPS) is 24.7. The van der Waals surface area contributed by atoms with E-state index in [0.29, 0.717) is 19.3 Å². The van der Waals surface area contributed by atoms with Crippen LogP contribution in [0.4, 0.5) is 4.39 Å². The van der Waals surface area contributed by atoms with Crippen LogP contribution in [0.2, 0.25) is 0 Å². The van der Waals surface area contributed by atoms with Gasteiger partial charge in [-0.1, -0.05) is 48.5 Å². The third-order valence-corrected chi connectivity index (χ3v) is 7.47. The third-order valence-electron chi connectivity index (χ3n) is 7.47. The zero-order chi connectivity index (χ0) is 24.6. The zero-order valence-electron chi connectivity index (χ0n) is 20.1. The molecule has 1 fully saturated rings. The molecule has 4 nitrogen and oxygen atoms in total. The van der Waals surface area contributed by atoms with Crippen molar-refractivity contribution in [2.24, 2.45) is 11.8 Å². The molecule has 4 atom stereocenters. The van der Waals surface area contributed by atoms with Crippen molar-refractivity contribution in [2.75, 3.05) is 0 Å². The van der Waals surface area contributed by atoms with Gasteiger partial charge in [-0.25, -0.2) is 4.39 Å². The molecule has 5 rings (SSSR count). The Kier molecular flexibility index (Phi) is 6.37. The maximum Gasteiger partial charge on any atom is 0.309 e. The minimum atomic E-state index is -0.855. The molecule has 0 aromatic heterocycles. The molecule has 0 amide bonds. The van der Waals surface area contributed by atoms with Gasteiger partial charge in [0.05, 0.1) is 18.1 Å². The van der Waals surface area contributed by atoms with E-state index in [1.807, 2.05) is 44.2 Å². The monoisotopic (exact) mass is 474 g/mol. The van der Waals surface area contributed by atoms with E-state index in [2.05, 4.69) is 24.3 Å². The van der Waals surface area contributed by atoms with E-state index in [1.54, 1.807) is 6.07 Å². The van der Waals surface area contributed by atoms with E-state index in [1.165, 1.54) is 17.7 Å². The van der Waals surface area contributed by atoms with Crippen LogP contribution >= 0.6 is 0 Å². The molecule has 1 saturated heterocycles. The summed E-state index contributed by atoms with van der Waals surface area (Å²) in [4.78, 5) is 12.2. The van der Waals surface area contributed by atoms with Gasteiger partial charge in [0.25, 0.3) is 0 Å². The molecule has 0 bridgehead atoms. The molecular weight excluding hydrogens is 443 g/mol. The molecule has 2 heterocycles. The fourth-order valence-corrected chi connectivity index (χ4v) is 5.61. The molecule has 0 aliphatic carbocycles. The predicted molar refractivity (Wildman–Crippen MR) is 132 cm³/mol. The van der Waals surface area contributed by atoms with E-state index in [4.69, 9.17) is 9.47 Å². The smallest absolute Gasteiger partial charge is 0.309 e. The number of carboxylic acid groups (broad SMARTS) is 1. The van der Waals surface area contributed by atoms with Crippen LogP contribution in [0.15, 0.2) is 72.8 Å². The van der Waals surface area contributed by atoms with Crippen molar-refractivity contribution in [2.45, 2.75) is 57.3 Å². The molecule has 2 aliphatic heterocycles. The van der Waals surface area contributed by atoms with Gasteiger partial charge in [-0.05, 0) is 80.5 Å². The highest BCUT2D eigenvalue weighted by atomic mass is 19.1. The zero-order valence-corrected chi connectivity index (χ0v) is 20.1. The Balaban J connectivity index is 1.43. The number of aryl methyl sites for hydroxylation is 1. The molecule has 1 N–H and O–H groups in total. The van der Waals surface area contributed by atoms with Gasteiger partial charge in [0, 0.05) is 11.5 Å². The van der Waals surface area contributed by atoms with Crippen LogP contribution in [0, 0.1) is 17.7 Å². The summed E-state index contributed by atoms with van der Waals surface area (Å²) >= 11 is 0. The molecule has 2 aliphatic rings. The number of rotatable bonds is 6. The van der Waals surface area contributed by atoms with E-state index >= 15 is 0 Å². The van der Waals surface area contributed by atoms with Crippen molar-refractivity contribution in [3.63, 3.8) is 0 Å². The van der Waals surface area contributed by atoms with Gasteiger partial charge in [-0.2, -0.15) is 0 Å². The molecular formula is C30H31FO4. The second kappa shape index (κ2) is 9.46. The van der Waals surface area contributed by atoms with Gasteiger partial charge in [-0.15, -0.1) is 0 Å². The summed E-state index contributed by atoms with van der Waals surface area (Å²) in [5.41, 5.74) is 3.67. The van der Waals surface area contributed by atoms with Crippen molar-refractivity contribution in [3.05, 3.63) is 101 Å². The maximum absolute atomic E-state index is 13.7. The largest absolute Gasteiger partial charge is 0.487 e. The topological polar surface area (TPSA) is 55.8 Å². The standard InChI is InChI=1S/C30H31FO4/c1-30(2)25-18-24(29(32)33)26(13-11-20-9-6-10-22(31)16-20)34-28(25)23-17-21(12-14-27(23)35-30)15-19-7-4-3-5-8-19/h3-10,12,14,16-17,24-26,28H,11,13,15,18H2,1-2H3,(H,32,33)/t24-,25-,26-,28+/m0/s1. The minimum absolute atomic E-state index is 0.0894. The average molecular weight is 475 g/mol. The van der Waals surface area contributed by atoms with Crippen LogP contribution in [-0.4, -0.2) is 22.8 Å². The highest BCUT2D eigenvalue weighted by Crippen LogP contribution is 2.52. The van der Waals surface area contributed by atoms with Crippen molar-refractivity contribution >= 4 is 5.97 Å². The molecule has 0 radical (unpaired) electrons. The molecule has 35 heavy (non-hydrogen) atoms. The Hall–Kier alpha value is -3.18. The summed E-state index contributed by atoms with van der Waals surface area (Å²) in [6.07, 6.45) is 1.64. The second-order valence-electron chi connectivity index (χ2n) is 10.3. The average Bonchev–Trinajstić information content (AvgIpc) is 2.83. The molecule has 0 spiro atoms. The summed E-state index contributed by atoms with van der Waals surface area (Å²) < 4.78 is 26.7. The number of aliphatic carboxylic acids is 1. The second-order valence-corrected chi connectivity index (χ2v) is 10.3. The number of benzene rings is 3. The lowest BCUT2D eigenvalue weighted by molar-refractivity contribution is -0.188. The highest BCUT2D eigenvalue weighted by Gasteiger charge is 2.51. The van der Waals surface area contributed by atoms with Gasteiger partial charge < -0.3 is 14.6 Å². The minimum Gasteiger partial charge on any atom is -0.487 e. The number of carbonyl (C=O) groups is 1. The van der Waals surface area contributed by atoms with Crippen LogP contribution in [0.1, 0.15) is 55.0 Å². The Morgan fingerprint density at radius 3 is 2.51 bits per heavy atom. The number of hydrogen-bond donors (Lipinski definition) is 1. The number of hydrogen-bond acceptors (Lipinski definition) is 3. The van der Waals surface area contributed by atoms with Crippen molar-refractivity contribution in [1.82, 2.24) is 0 Å². The first-order valence-electron chi connectivity index (χ1n) is 12.3.